The van der Waals surface area contributed by atoms with Crippen LogP contribution in [0.25, 0.3) is 0 Å². The van der Waals surface area contributed by atoms with E-state index in [4.69, 9.17) is 0 Å². The van der Waals surface area contributed by atoms with Gasteiger partial charge in [0.2, 0.25) is 5.90 Å². The molecule has 3 aromatic carbocycles. The molecule has 0 saturated carbocycles. The molecule has 0 atom stereocenters. The average Bonchev–Trinajstić information content (AvgIpc) is 3.09. The van der Waals surface area contributed by atoms with Gasteiger partial charge >= 0.3 is 0 Å². The van der Waals surface area contributed by atoms with Gasteiger partial charge in [0.1, 0.15) is 24.5 Å². The number of benzene rings is 3. The molecular weight excluding hydrogens is 580 g/mol. The first-order chi connectivity index (χ1) is 22.3. The zero-order valence-electron chi connectivity index (χ0n) is 25.5. The number of amides is 3. The summed E-state index contributed by atoms with van der Waals surface area (Å²) in [4.78, 5) is 42.5. The molecule has 5 rings (SSSR count). The molecule has 0 aliphatic rings. The van der Waals surface area contributed by atoms with Crippen LogP contribution < -0.4 is 25.1 Å². The Morgan fingerprint density at radius 1 is 0.565 bits per heavy atom. The summed E-state index contributed by atoms with van der Waals surface area (Å²) in [6.07, 6.45) is 7.55. The third-order valence-corrected chi connectivity index (χ3v) is 7.14. The third-order valence-electron chi connectivity index (χ3n) is 7.14. The normalized spacial score (nSPS) is 11.0. The van der Waals surface area contributed by atoms with E-state index in [1.54, 1.807) is 78.9 Å². The van der Waals surface area contributed by atoms with Gasteiger partial charge in [-0.15, -0.1) is 0 Å². The molecule has 0 bridgehead atoms. The maximum atomic E-state index is 12.8. The number of anilines is 3. The Hall–Kier alpha value is -6.16. The van der Waals surface area contributed by atoms with E-state index < -0.39 is 0 Å². The molecule has 5 aromatic rings. The number of hydrogen-bond donors (Lipinski definition) is 4. The minimum Gasteiger partial charge on any atom is -0.493 e. The van der Waals surface area contributed by atoms with Crippen LogP contribution in [-0.4, -0.2) is 28.7 Å². The molecule has 46 heavy (non-hydrogen) atoms. The maximum absolute atomic E-state index is 12.8. The summed E-state index contributed by atoms with van der Waals surface area (Å²) in [7, 11) is 0. The number of aryl methyl sites for hydroxylation is 2. The van der Waals surface area contributed by atoms with Crippen LogP contribution in [0.5, 0.6) is 0 Å². The van der Waals surface area contributed by atoms with Crippen LogP contribution in [0, 0.1) is 0 Å². The van der Waals surface area contributed by atoms with Crippen molar-refractivity contribution in [2.75, 3.05) is 16.0 Å². The van der Waals surface area contributed by atoms with Gasteiger partial charge in [-0.25, -0.2) is 14.1 Å². The number of carbonyl (C=O) groups excluding carboxylic acids is 3. The van der Waals surface area contributed by atoms with Gasteiger partial charge in [0, 0.05) is 45.8 Å². The predicted molar refractivity (Wildman–Crippen MR) is 177 cm³/mol. The van der Waals surface area contributed by atoms with Gasteiger partial charge < -0.3 is 21.1 Å². The molecule has 3 amide bonds. The molecule has 0 aliphatic carbocycles. The first kappa shape index (κ1) is 31.3. The van der Waals surface area contributed by atoms with Crippen molar-refractivity contribution in [3.63, 3.8) is 0 Å². The van der Waals surface area contributed by atoms with E-state index in [0.717, 1.165) is 13.1 Å². The third kappa shape index (κ3) is 8.06. The van der Waals surface area contributed by atoms with E-state index in [9.17, 15) is 19.5 Å². The summed E-state index contributed by atoms with van der Waals surface area (Å²) in [6.45, 7) is 5.62. The highest BCUT2D eigenvalue weighted by atomic mass is 16.3. The van der Waals surface area contributed by atoms with Crippen molar-refractivity contribution in [2.24, 2.45) is 4.99 Å². The molecule has 10 heteroatoms. The fraction of sp³-hybridized carbons (Fsp3) is 0.111. The van der Waals surface area contributed by atoms with Crippen LogP contribution in [0.3, 0.4) is 0 Å². The van der Waals surface area contributed by atoms with E-state index in [-0.39, 0.29) is 23.6 Å². The van der Waals surface area contributed by atoms with Gasteiger partial charge in [0.15, 0.2) is 24.8 Å². The van der Waals surface area contributed by atoms with E-state index in [2.05, 4.69) is 20.9 Å². The maximum Gasteiger partial charge on any atom is 0.255 e. The fourth-order valence-electron chi connectivity index (χ4n) is 4.54. The molecular formula is C36H34N6O4+2. The second-order valence-electron chi connectivity index (χ2n) is 10.3. The lowest BCUT2D eigenvalue weighted by Gasteiger charge is -2.09. The highest BCUT2D eigenvalue weighted by molar-refractivity contribution is 6.08. The van der Waals surface area contributed by atoms with Crippen molar-refractivity contribution < 1.29 is 28.6 Å². The Balaban J connectivity index is 1.14. The quantitative estimate of drug-likeness (QED) is 0.0915. The number of aliphatic hydroxyl groups is 1. The second kappa shape index (κ2) is 14.5. The molecule has 0 radical (unpaired) electrons. The van der Waals surface area contributed by atoms with Crippen molar-refractivity contribution in [2.45, 2.75) is 26.9 Å². The fourth-order valence-corrected chi connectivity index (χ4v) is 4.54. The lowest BCUT2D eigenvalue weighted by molar-refractivity contribution is -0.693. The monoisotopic (exact) mass is 614 g/mol. The van der Waals surface area contributed by atoms with Crippen LogP contribution in [0.4, 0.5) is 22.7 Å². The molecule has 0 unspecified atom stereocenters. The topological polar surface area (TPSA) is 128 Å². The second-order valence-corrected chi connectivity index (χ2v) is 10.3. The number of nitrogens with zero attached hydrogens (tertiary/aromatic N) is 3. The first-order valence-electron chi connectivity index (χ1n) is 14.8. The van der Waals surface area contributed by atoms with Gasteiger partial charge in [-0.05, 0) is 98.8 Å². The number of aliphatic imine (C=N–C) groups is 1. The summed E-state index contributed by atoms with van der Waals surface area (Å²) >= 11 is 0. The van der Waals surface area contributed by atoms with Crippen molar-refractivity contribution >= 4 is 46.4 Å². The Morgan fingerprint density at radius 2 is 0.978 bits per heavy atom. The van der Waals surface area contributed by atoms with Crippen molar-refractivity contribution in [1.82, 2.24) is 0 Å². The number of rotatable bonds is 10. The number of aromatic nitrogens is 2. The largest absolute Gasteiger partial charge is 0.493 e. The number of hydrogen-bond acceptors (Lipinski definition) is 4. The minimum atomic E-state index is -0.352. The lowest BCUT2D eigenvalue weighted by Crippen LogP contribution is -2.31. The van der Waals surface area contributed by atoms with E-state index in [0.29, 0.717) is 45.0 Å². The van der Waals surface area contributed by atoms with Crippen molar-refractivity contribution in [3.05, 3.63) is 144 Å². The number of nitrogens with one attached hydrogen (secondary N) is 3. The summed E-state index contributed by atoms with van der Waals surface area (Å²) in [6, 6.07) is 26.9. The van der Waals surface area contributed by atoms with Crippen LogP contribution in [0.1, 0.15) is 50.5 Å². The summed E-state index contributed by atoms with van der Waals surface area (Å²) in [5.74, 6) is -1.08. The highest BCUT2D eigenvalue weighted by Gasteiger charge is 2.13. The van der Waals surface area contributed by atoms with Gasteiger partial charge in [0.05, 0.1) is 0 Å². The molecule has 230 valence electrons. The SMILES string of the molecule is CC[n+]1cccc(N=C(O)c2ccc(NC(=O)c3ccc(C(=O)Nc4ccc(C(=O)Nc5ccc[n+](CC)c5)cc4)cc3)cc2)c1. The zero-order chi connectivity index (χ0) is 32.5. The Labute approximate surface area is 266 Å². The summed E-state index contributed by atoms with van der Waals surface area (Å²) in [5.41, 5.74) is 4.09. The summed E-state index contributed by atoms with van der Waals surface area (Å²) < 4.78 is 3.92. The molecule has 0 saturated heterocycles. The number of pyridine rings is 2. The Bertz CT molecular complexity index is 1890. The van der Waals surface area contributed by atoms with E-state index >= 15 is 0 Å². The van der Waals surface area contributed by atoms with Crippen LogP contribution >= 0.6 is 0 Å². The molecule has 4 N–H and O–H groups in total. The van der Waals surface area contributed by atoms with Crippen molar-refractivity contribution in [3.8, 4) is 0 Å². The standard InChI is InChI=1S/C36H32N6O4/c1-3-41-21-5-7-31(23-41)39-35(45)27-13-17-29(18-14-27)37-33(43)25-9-11-26(12-10-25)34(44)38-30-19-15-28(16-20-30)36(46)40-32-8-6-22-42(4-2)24-32/h5-24H,3-4H2,1-2H3,(H2-2,37,38,39,40,43,44,45,46)/p+2. The number of aliphatic hydroxyl groups excluding tert-OH is 1. The molecule has 2 aromatic heterocycles. The van der Waals surface area contributed by atoms with Crippen LogP contribution in [0.15, 0.2) is 127 Å². The van der Waals surface area contributed by atoms with Crippen LogP contribution in [-0.2, 0) is 13.1 Å². The molecule has 0 aliphatic heterocycles. The van der Waals surface area contributed by atoms with E-state index in [1.165, 1.54) is 0 Å². The Morgan fingerprint density at radius 3 is 1.48 bits per heavy atom. The Kier molecular flexibility index (Phi) is 9.89. The van der Waals surface area contributed by atoms with Crippen molar-refractivity contribution in [1.29, 1.82) is 0 Å². The van der Waals surface area contributed by atoms with Gasteiger partial charge in [-0.2, -0.15) is 0 Å². The zero-order valence-corrected chi connectivity index (χ0v) is 25.5. The van der Waals surface area contributed by atoms with Gasteiger partial charge in [-0.3, -0.25) is 14.4 Å². The van der Waals surface area contributed by atoms with E-state index in [1.807, 2.05) is 66.0 Å². The summed E-state index contributed by atoms with van der Waals surface area (Å²) in [5, 5.41) is 18.9. The van der Waals surface area contributed by atoms with Gasteiger partial charge in [0.25, 0.3) is 17.7 Å². The number of carbonyl (C=O) groups is 3. The molecule has 0 spiro atoms. The van der Waals surface area contributed by atoms with Gasteiger partial charge in [-0.1, -0.05) is 0 Å². The molecule has 0 fully saturated rings. The minimum absolute atomic E-state index is 0.130. The smallest absolute Gasteiger partial charge is 0.255 e. The molecule has 2 heterocycles. The first-order valence-corrected chi connectivity index (χ1v) is 14.8. The predicted octanol–water partition coefficient (Wildman–Crippen LogP) is 5.69. The average molecular weight is 615 g/mol. The van der Waals surface area contributed by atoms with Crippen LogP contribution in [0.2, 0.25) is 0 Å². The lowest BCUT2D eigenvalue weighted by atomic mass is 10.1. The molecule has 10 nitrogen and oxygen atoms in total. The highest BCUT2D eigenvalue weighted by Crippen LogP contribution is 2.17.